The van der Waals surface area contributed by atoms with Crippen LogP contribution in [0.3, 0.4) is 0 Å². The van der Waals surface area contributed by atoms with Gasteiger partial charge >= 0.3 is 18.0 Å². The Morgan fingerprint density at radius 2 is 1.23 bits per heavy atom. The lowest BCUT2D eigenvalue weighted by atomic mass is 9.90. The molecule has 1 N–H and O–H groups in total. The maximum atomic E-state index is 12.3. The molecular weight excluding hydrogens is 484 g/mol. The van der Waals surface area contributed by atoms with E-state index in [0.717, 1.165) is 50.1 Å². The van der Waals surface area contributed by atoms with Crippen molar-refractivity contribution in [1.82, 2.24) is 0 Å². The zero-order chi connectivity index (χ0) is 27.4. The van der Waals surface area contributed by atoms with Gasteiger partial charge in [-0.15, -0.1) is 0 Å². The van der Waals surface area contributed by atoms with Gasteiger partial charge in [-0.2, -0.15) is 0 Å². The molecular formula is C35H31O4+. The molecule has 0 saturated carbocycles. The highest BCUT2D eigenvalue weighted by Crippen LogP contribution is 2.41. The molecule has 0 bridgehead atoms. The third-order valence-electron chi connectivity index (χ3n) is 6.89. The molecule has 0 radical (unpaired) electrons. The van der Waals surface area contributed by atoms with Gasteiger partial charge in [0.15, 0.2) is 6.10 Å². The number of hydrogen-bond acceptors (Lipinski definition) is 2. The summed E-state index contributed by atoms with van der Waals surface area (Å²) in [5.41, 5.74) is 9.54. The summed E-state index contributed by atoms with van der Waals surface area (Å²) < 4.78 is 12.6. The molecule has 1 unspecified atom stereocenters. The number of rotatable bonds is 8. The molecule has 4 aromatic carbocycles. The van der Waals surface area contributed by atoms with Crippen LogP contribution in [0, 0.1) is 20.8 Å². The van der Waals surface area contributed by atoms with Gasteiger partial charge in [0.2, 0.25) is 0 Å². The van der Waals surface area contributed by atoms with Crippen LogP contribution < -0.4 is 0 Å². The number of carbonyl (C=O) groups is 1. The maximum Gasteiger partial charge on any atom is 0.367 e. The molecule has 1 atom stereocenters. The Morgan fingerprint density at radius 1 is 0.718 bits per heavy atom. The fraction of sp³-hybridized carbons (Fsp3) is 0.143. The topological polar surface area (TPSA) is 57.8 Å². The molecule has 1 heterocycles. The van der Waals surface area contributed by atoms with Crippen LogP contribution in [-0.4, -0.2) is 11.1 Å². The highest BCUT2D eigenvalue weighted by molar-refractivity contribution is 5.87. The minimum Gasteiger partial charge on any atom is -0.479 e. The summed E-state index contributed by atoms with van der Waals surface area (Å²) in [5, 5.41) is 10.1. The summed E-state index contributed by atoms with van der Waals surface area (Å²) in [6.07, 6.45) is 0.650. The minimum absolute atomic E-state index is 0.0769. The Hall–Kier alpha value is -4.54. The molecule has 39 heavy (non-hydrogen) atoms. The van der Waals surface area contributed by atoms with Crippen molar-refractivity contribution in [2.45, 2.75) is 33.5 Å². The predicted octanol–water partition coefficient (Wildman–Crippen LogP) is 8.83. The van der Waals surface area contributed by atoms with Crippen molar-refractivity contribution in [3.05, 3.63) is 137 Å². The predicted molar refractivity (Wildman–Crippen MR) is 155 cm³/mol. The van der Waals surface area contributed by atoms with E-state index >= 15 is 0 Å². The zero-order valence-electron chi connectivity index (χ0n) is 22.3. The smallest absolute Gasteiger partial charge is 0.367 e. The Balaban J connectivity index is 1.72. The molecule has 0 spiro atoms. The molecule has 0 aliphatic carbocycles. The molecule has 5 aromatic rings. The largest absolute Gasteiger partial charge is 0.479 e. The quantitative estimate of drug-likeness (QED) is 0.210. The zero-order valence-corrected chi connectivity index (χ0v) is 22.3. The fourth-order valence-corrected chi connectivity index (χ4v) is 4.69. The lowest BCUT2D eigenvalue weighted by molar-refractivity contribution is -0.151. The number of hydrogen-bond donors (Lipinski definition) is 1. The summed E-state index contributed by atoms with van der Waals surface area (Å²) in [4.78, 5) is 12.3. The maximum absolute atomic E-state index is 12.3. The molecule has 5 rings (SSSR count). The lowest BCUT2D eigenvalue weighted by Crippen LogP contribution is -2.16. The summed E-state index contributed by atoms with van der Waals surface area (Å²) >= 11 is 0. The number of benzene rings is 4. The van der Waals surface area contributed by atoms with Gasteiger partial charge in [0, 0.05) is 5.56 Å². The van der Waals surface area contributed by atoms with Crippen LogP contribution >= 0.6 is 0 Å². The number of carboxylic acids is 1. The summed E-state index contributed by atoms with van der Waals surface area (Å²) in [6.45, 7) is 6.23. The van der Waals surface area contributed by atoms with E-state index in [1.54, 1.807) is 18.4 Å². The van der Waals surface area contributed by atoms with Gasteiger partial charge < -0.3 is 9.84 Å². The van der Waals surface area contributed by atoms with E-state index in [1.807, 2.05) is 37.3 Å². The van der Waals surface area contributed by atoms with Gasteiger partial charge in [-0.1, -0.05) is 108 Å². The van der Waals surface area contributed by atoms with Crippen LogP contribution in [0.25, 0.3) is 33.6 Å². The molecule has 0 aliphatic rings. The minimum atomic E-state index is -1.11. The number of carboxylic acid groups (broad SMARTS) is 1. The van der Waals surface area contributed by atoms with Crippen LogP contribution in [0.5, 0.6) is 0 Å². The number of aliphatic carboxylic acids is 1. The highest BCUT2D eigenvalue weighted by atomic mass is 16.5. The third-order valence-corrected chi connectivity index (χ3v) is 6.89. The molecule has 4 nitrogen and oxygen atoms in total. The Bertz CT molecular complexity index is 1570. The van der Waals surface area contributed by atoms with Crippen LogP contribution in [0.2, 0.25) is 0 Å². The van der Waals surface area contributed by atoms with Crippen molar-refractivity contribution < 1.29 is 19.1 Å². The SMILES string of the molecule is Cc1ccc(-c2c[o+]c(-c3ccc(C)cc3)c(-c3ccc(C)cc3)c2COC(C(=O)O)c2ccccc2)cc1. The monoisotopic (exact) mass is 515 g/mol. The second kappa shape index (κ2) is 11.5. The number of ether oxygens (including phenoxy) is 1. The fourth-order valence-electron chi connectivity index (χ4n) is 4.69. The molecule has 4 heteroatoms. The van der Waals surface area contributed by atoms with Crippen LogP contribution in [0.15, 0.2) is 114 Å². The van der Waals surface area contributed by atoms with Crippen LogP contribution in [-0.2, 0) is 16.1 Å². The highest BCUT2D eigenvalue weighted by Gasteiger charge is 2.30. The van der Waals surface area contributed by atoms with E-state index in [4.69, 9.17) is 9.15 Å². The van der Waals surface area contributed by atoms with Crippen molar-refractivity contribution >= 4 is 5.97 Å². The Labute approximate surface area is 229 Å². The van der Waals surface area contributed by atoms with Gasteiger partial charge in [0.1, 0.15) is 0 Å². The van der Waals surface area contributed by atoms with E-state index in [-0.39, 0.29) is 6.61 Å². The molecule has 0 fully saturated rings. The summed E-state index contributed by atoms with van der Waals surface area (Å²) in [6, 6.07) is 33.8. The first-order chi connectivity index (χ1) is 18.9. The molecule has 194 valence electrons. The first-order valence-corrected chi connectivity index (χ1v) is 13.0. The normalized spacial score (nSPS) is 11.8. The molecule has 0 saturated heterocycles. The third kappa shape index (κ3) is 5.82. The van der Waals surface area contributed by atoms with E-state index < -0.39 is 12.1 Å². The Morgan fingerprint density at radius 3 is 1.77 bits per heavy atom. The van der Waals surface area contributed by atoms with Gasteiger partial charge in [0.05, 0.1) is 23.3 Å². The van der Waals surface area contributed by atoms with Crippen molar-refractivity contribution in [2.75, 3.05) is 0 Å². The van der Waals surface area contributed by atoms with Crippen molar-refractivity contribution in [2.24, 2.45) is 0 Å². The first-order valence-electron chi connectivity index (χ1n) is 13.0. The van der Waals surface area contributed by atoms with Crippen molar-refractivity contribution in [1.29, 1.82) is 0 Å². The van der Waals surface area contributed by atoms with Gasteiger partial charge in [-0.05, 0) is 49.6 Å². The average Bonchev–Trinajstić information content (AvgIpc) is 2.95. The first kappa shape index (κ1) is 26.1. The van der Waals surface area contributed by atoms with E-state index in [2.05, 4.69) is 74.5 Å². The Kier molecular flexibility index (Phi) is 7.67. The second-order valence-electron chi connectivity index (χ2n) is 9.87. The van der Waals surface area contributed by atoms with Crippen molar-refractivity contribution in [3.63, 3.8) is 0 Å². The molecule has 0 aliphatic heterocycles. The second-order valence-corrected chi connectivity index (χ2v) is 9.87. The van der Waals surface area contributed by atoms with Gasteiger partial charge in [-0.25, -0.2) is 9.21 Å². The standard InChI is InChI=1S/C35H30O4/c1-23-9-15-26(16-10-23)30-21-38-33(29-19-13-25(3)14-20-29)32(27-17-11-24(2)12-18-27)31(30)22-39-34(35(36)37)28-7-5-4-6-8-28/h4-21,34H,22H2,1-3H3/p+1. The average molecular weight is 516 g/mol. The lowest BCUT2D eigenvalue weighted by Gasteiger charge is -2.18. The van der Waals surface area contributed by atoms with E-state index in [1.165, 1.54) is 0 Å². The van der Waals surface area contributed by atoms with E-state index in [9.17, 15) is 9.90 Å². The van der Waals surface area contributed by atoms with Gasteiger partial charge in [0.25, 0.3) is 0 Å². The number of aryl methyl sites for hydroxylation is 3. The van der Waals surface area contributed by atoms with Crippen LogP contribution in [0.1, 0.15) is 33.9 Å². The summed E-state index contributed by atoms with van der Waals surface area (Å²) in [5.74, 6) is -0.325. The van der Waals surface area contributed by atoms with Gasteiger partial charge in [-0.3, -0.25) is 0 Å². The van der Waals surface area contributed by atoms with E-state index in [0.29, 0.717) is 11.3 Å². The summed E-state index contributed by atoms with van der Waals surface area (Å²) in [7, 11) is 0. The molecule has 1 aromatic heterocycles. The molecule has 0 amide bonds. The van der Waals surface area contributed by atoms with Crippen LogP contribution in [0.4, 0.5) is 0 Å². The van der Waals surface area contributed by atoms with Crippen molar-refractivity contribution in [3.8, 4) is 33.6 Å².